The lowest BCUT2D eigenvalue weighted by Gasteiger charge is -2.14. The van der Waals surface area contributed by atoms with Gasteiger partial charge in [-0.15, -0.1) is 0 Å². The molecule has 9 nitrogen and oxygen atoms in total. The Balaban J connectivity index is 1.54. The van der Waals surface area contributed by atoms with Crippen molar-refractivity contribution in [3.8, 4) is 28.6 Å². The van der Waals surface area contributed by atoms with E-state index in [1.807, 2.05) is 35.0 Å². The maximum atomic E-state index is 13.0. The van der Waals surface area contributed by atoms with Gasteiger partial charge in [-0.3, -0.25) is 19.1 Å². The molecular weight excluding hydrogens is 446 g/mol. The third kappa shape index (κ3) is 4.84. The molecule has 35 heavy (non-hydrogen) atoms. The van der Waals surface area contributed by atoms with Crippen molar-refractivity contribution in [2.24, 2.45) is 0 Å². The van der Waals surface area contributed by atoms with E-state index in [0.29, 0.717) is 29.4 Å². The Morgan fingerprint density at radius 1 is 1.20 bits per heavy atom. The number of aromatic nitrogens is 3. The van der Waals surface area contributed by atoms with Gasteiger partial charge in [0.05, 0.1) is 7.11 Å². The summed E-state index contributed by atoms with van der Waals surface area (Å²) >= 11 is 0. The topological polar surface area (TPSA) is 107 Å². The van der Waals surface area contributed by atoms with E-state index in [1.54, 1.807) is 50.0 Å². The standard InChI is InChI=1S/C26H23N5O4/c1-34-22-5-4-19-12-23(22)35-16-24(32)29-15-18-9-20(11-21(10-18)31-8-7-28-25(19)31)26(33)30-14-17-3-2-6-27-13-17/h2-13H,14-16H2,1H3,(H,29,32)(H,30,33). The normalized spacial score (nSPS) is 12.7. The zero-order valence-corrected chi connectivity index (χ0v) is 19.0. The summed E-state index contributed by atoms with van der Waals surface area (Å²) in [4.78, 5) is 34.1. The number of carbonyl (C=O) groups excluding carboxylic acids is 2. The van der Waals surface area contributed by atoms with Gasteiger partial charge in [0.15, 0.2) is 18.1 Å². The maximum absolute atomic E-state index is 13.0. The first-order valence-electron chi connectivity index (χ1n) is 11.0. The van der Waals surface area contributed by atoms with Crippen LogP contribution in [0.1, 0.15) is 21.5 Å². The Kier molecular flexibility index (Phi) is 6.13. The molecule has 9 heteroatoms. The van der Waals surface area contributed by atoms with Crippen LogP contribution in [-0.4, -0.2) is 40.1 Å². The molecule has 2 amide bonds. The van der Waals surface area contributed by atoms with Crippen LogP contribution in [0.15, 0.2) is 73.3 Å². The Morgan fingerprint density at radius 2 is 2.11 bits per heavy atom. The highest BCUT2D eigenvalue weighted by Gasteiger charge is 2.17. The number of nitrogens with zero attached hydrogens (tertiary/aromatic N) is 3. The van der Waals surface area contributed by atoms with Crippen LogP contribution in [0.5, 0.6) is 11.5 Å². The highest BCUT2D eigenvalue weighted by molar-refractivity contribution is 5.95. The lowest BCUT2D eigenvalue weighted by atomic mass is 10.1. The molecule has 1 aliphatic rings. The van der Waals surface area contributed by atoms with Crippen molar-refractivity contribution in [3.05, 3.63) is 90.0 Å². The number of imidazole rings is 1. The Labute approximate surface area is 201 Å². The fourth-order valence-corrected chi connectivity index (χ4v) is 3.88. The van der Waals surface area contributed by atoms with E-state index >= 15 is 0 Å². The molecule has 2 N–H and O–H groups in total. The molecule has 3 heterocycles. The van der Waals surface area contributed by atoms with Crippen LogP contribution in [0, 0.1) is 0 Å². The predicted octanol–water partition coefficient (Wildman–Crippen LogP) is 2.88. The number of methoxy groups -OCH3 is 1. The van der Waals surface area contributed by atoms with Crippen molar-refractivity contribution in [1.29, 1.82) is 0 Å². The van der Waals surface area contributed by atoms with Crippen molar-refractivity contribution in [2.75, 3.05) is 13.7 Å². The van der Waals surface area contributed by atoms with Gasteiger partial charge >= 0.3 is 0 Å². The van der Waals surface area contributed by atoms with Crippen LogP contribution >= 0.6 is 0 Å². The van der Waals surface area contributed by atoms with Crippen molar-refractivity contribution >= 4 is 11.8 Å². The van der Waals surface area contributed by atoms with Gasteiger partial charge in [-0.1, -0.05) is 6.07 Å². The lowest BCUT2D eigenvalue weighted by molar-refractivity contribution is -0.123. The third-order valence-electron chi connectivity index (χ3n) is 5.60. The summed E-state index contributed by atoms with van der Waals surface area (Å²) in [5.74, 6) is 1.10. The minimum Gasteiger partial charge on any atom is -0.493 e. The van der Waals surface area contributed by atoms with Crippen LogP contribution in [0.3, 0.4) is 0 Å². The van der Waals surface area contributed by atoms with Gasteiger partial charge in [-0.25, -0.2) is 4.98 Å². The average molecular weight is 470 g/mol. The number of hydrogen-bond acceptors (Lipinski definition) is 6. The molecule has 0 fully saturated rings. The number of nitrogens with one attached hydrogen (secondary N) is 2. The zero-order valence-electron chi connectivity index (χ0n) is 19.0. The fourth-order valence-electron chi connectivity index (χ4n) is 3.88. The summed E-state index contributed by atoms with van der Waals surface area (Å²) in [7, 11) is 1.54. The van der Waals surface area contributed by atoms with E-state index in [9.17, 15) is 9.59 Å². The average Bonchev–Trinajstić information content (AvgIpc) is 3.39. The monoisotopic (exact) mass is 469 g/mol. The maximum Gasteiger partial charge on any atom is 0.258 e. The van der Waals surface area contributed by atoms with Crippen molar-refractivity contribution in [1.82, 2.24) is 25.2 Å². The molecule has 5 rings (SSSR count). The van der Waals surface area contributed by atoms with Crippen LogP contribution < -0.4 is 20.1 Å². The quantitative estimate of drug-likeness (QED) is 0.476. The Morgan fingerprint density at radius 3 is 2.94 bits per heavy atom. The van der Waals surface area contributed by atoms with Crippen LogP contribution in [0.2, 0.25) is 0 Å². The van der Waals surface area contributed by atoms with Crippen molar-refractivity contribution in [3.63, 3.8) is 0 Å². The molecule has 2 aromatic carbocycles. The summed E-state index contributed by atoms with van der Waals surface area (Å²) in [5, 5.41) is 5.78. The number of hydrogen-bond donors (Lipinski definition) is 2. The molecule has 0 unspecified atom stereocenters. The van der Waals surface area contributed by atoms with Crippen LogP contribution in [-0.2, 0) is 17.9 Å². The third-order valence-corrected chi connectivity index (χ3v) is 5.60. The second-order valence-corrected chi connectivity index (χ2v) is 7.98. The van der Waals surface area contributed by atoms with E-state index in [2.05, 4.69) is 20.6 Å². The van der Waals surface area contributed by atoms with E-state index in [-0.39, 0.29) is 25.0 Å². The molecule has 0 spiro atoms. The highest BCUT2D eigenvalue weighted by atomic mass is 16.5. The first-order valence-corrected chi connectivity index (χ1v) is 11.0. The van der Waals surface area contributed by atoms with E-state index in [0.717, 1.165) is 22.4 Å². The fraction of sp³-hybridized carbons (Fsp3) is 0.154. The van der Waals surface area contributed by atoms with E-state index in [4.69, 9.17) is 9.47 Å². The van der Waals surface area contributed by atoms with Gasteiger partial charge in [0.1, 0.15) is 5.82 Å². The van der Waals surface area contributed by atoms with Crippen LogP contribution in [0.25, 0.3) is 17.1 Å². The summed E-state index contributed by atoms with van der Waals surface area (Å²) < 4.78 is 13.0. The number of fused-ring (bicyclic) bond motifs is 7. The summed E-state index contributed by atoms with van der Waals surface area (Å²) in [6.45, 7) is 0.412. The predicted molar refractivity (Wildman–Crippen MR) is 128 cm³/mol. The molecule has 0 saturated carbocycles. The smallest absolute Gasteiger partial charge is 0.258 e. The minimum atomic E-state index is -0.289. The number of ether oxygens (including phenoxy) is 2. The number of rotatable bonds is 4. The number of pyridine rings is 1. The summed E-state index contributed by atoms with van der Waals surface area (Å²) in [6, 6.07) is 14.6. The zero-order chi connectivity index (χ0) is 24.2. The second kappa shape index (κ2) is 9.68. The van der Waals surface area contributed by atoms with Gasteiger partial charge in [0, 0.05) is 54.7 Å². The SMILES string of the molecule is COc1ccc2cc1OCC(=O)NCc1cc(C(=O)NCc3cccnc3)cc(c1)-n1ccnc1-2. The molecule has 4 aromatic rings. The number of benzene rings is 2. The number of amides is 2. The molecule has 1 aliphatic heterocycles. The van der Waals surface area contributed by atoms with Gasteiger partial charge < -0.3 is 20.1 Å². The molecule has 0 radical (unpaired) electrons. The first-order chi connectivity index (χ1) is 17.1. The highest BCUT2D eigenvalue weighted by Crippen LogP contribution is 2.33. The first kappa shape index (κ1) is 22.1. The molecular formula is C26H23N5O4. The molecule has 2 aromatic heterocycles. The largest absolute Gasteiger partial charge is 0.493 e. The van der Waals surface area contributed by atoms with E-state index in [1.165, 1.54) is 0 Å². The van der Waals surface area contributed by atoms with E-state index < -0.39 is 0 Å². The van der Waals surface area contributed by atoms with Gasteiger partial charge in [-0.2, -0.15) is 0 Å². The Hall–Kier alpha value is -4.66. The van der Waals surface area contributed by atoms with Crippen LogP contribution in [0.4, 0.5) is 0 Å². The molecule has 0 saturated heterocycles. The summed E-state index contributed by atoms with van der Waals surface area (Å²) in [5.41, 5.74) is 3.66. The Bertz CT molecular complexity index is 1380. The van der Waals surface area contributed by atoms with Gasteiger partial charge in [-0.05, 0) is 53.6 Å². The lowest BCUT2D eigenvalue weighted by Crippen LogP contribution is -2.29. The van der Waals surface area contributed by atoms with Gasteiger partial charge in [0.2, 0.25) is 0 Å². The molecule has 0 atom stereocenters. The minimum absolute atomic E-state index is 0.174. The molecule has 4 bridgehead atoms. The van der Waals surface area contributed by atoms with Crippen molar-refractivity contribution in [2.45, 2.75) is 13.1 Å². The summed E-state index contributed by atoms with van der Waals surface area (Å²) in [6.07, 6.45) is 6.92. The number of carbonyl (C=O) groups is 2. The molecule has 176 valence electrons. The second-order valence-electron chi connectivity index (χ2n) is 7.98. The van der Waals surface area contributed by atoms with Gasteiger partial charge in [0.25, 0.3) is 11.8 Å². The molecule has 0 aliphatic carbocycles. The van der Waals surface area contributed by atoms with Crippen molar-refractivity contribution < 1.29 is 19.1 Å².